The molecular formula is C34H54N2O6. The second-order valence-corrected chi connectivity index (χ2v) is 14.7. The maximum Gasteiger partial charge on any atom is 0.145 e. The van der Waals surface area contributed by atoms with Crippen molar-refractivity contribution in [2.24, 2.45) is 0 Å². The molecule has 8 nitrogen and oxygen atoms in total. The van der Waals surface area contributed by atoms with Gasteiger partial charge in [0.2, 0.25) is 0 Å². The normalized spacial score (nSPS) is 12.8. The van der Waals surface area contributed by atoms with E-state index in [1.54, 1.807) is 0 Å². The van der Waals surface area contributed by atoms with Gasteiger partial charge >= 0.3 is 0 Å². The van der Waals surface area contributed by atoms with E-state index >= 15 is 0 Å². The summed E-state index contributed by atoms with van der Waals surface area (Å²) in [5.74, 6) is 1.09. The molecule has 0 aliphatic carbocycles. The predicted molar refractivity (Wildman–Crippen MR) is 169 cm³/mol. The van der Waals surface area contributed by atoms with Gasteiger partial charge in [0.25, 0.3) is 0 Å². The minimum Gasteiger partial charge on any atom is -0.489 e. The molecule has 0 saturated heterocycles. The summed E-state index contributed by atoms with van der Waals surface area (Å²) in [5, 5.41) is 28.1. The van der Waals surface area contributed by atoms with Crippen molar-refractivity contribution in [3.8, 4) is 11.5 Å². The van der Waals surface area contributed by atoms with E-state index in [-0.39, 0.29) is 10.8 Å². The van der Waals surface area contributed by atoms with E-state index in [2.05, 4.69) is 41.5 Å². The topological polar surface area (TPSA) is 83.2 Å². The first-order chi connectivity index (χ1) is 19.2. The summed E-state index contributed by atoms with van der Waals surface area (Å²) in [5.41, 5.74) is 1.85. The average molecular weight is 587 g/mol. The van der Waals surface area contributed by atoms with Crippen LogP contribution in [0, 0.1) is 0 Å². The molecule has 0 fully saturated rings. The molecule has 0 atom stereocenters. The van der Waals surface area contributed by atoms with Crippen molar-refractivity contribution in [2.75, 3.05) is 49.8 Å². The van der Waals surface area contributed by atoms with E-state index < -0.39 is 11.1 Å². The zero-order chi connectivity index (χ0) is 31.9. The minimum atomic E-state index is -0.593. The third kappa shape index (κ3) is 10.6. The highest BCUT2D eigenvalue weighted by Crippen LogP contribution is 2.37. The minimum absolute atomic E-state index is 0.0812. The van der Waals surface area contributed by atoms with Gasteiger partial charge < -0.3 is 18.9 Å². The standard InChI is InChI=1S/C34H54N2O6/c1-31(2,3)25-13-15-29(27(23-25)35(37)33(7,8)9)41-21-19-39-17-18-40-20-22-42-30-16-14-26(32(4,5)6)24-28(30)36(38)34(10,11)12/h13-16,23-24H,17-22H2,1-12H3. The Labute approximate surface area is 254 Å². The molecule has 0 bridgehead atoms. The van der Waals surface area contributed by atoms with Crippen molar-refractivity contribution in [2.45, 2.75) is 105 Å². The zero-order valence-corrected chi connectivity index (χ0v) is 28.1. The summed E-state index contributed by atoms with van der Waals surface area (Å²) >= 11 is 0. The third-order valence-corrected chi connectivity index (χ3v) is 6.65. The molecule has 8 heteroatoms. The molecule has 2 aromatic rings. The van der Waals surface area contributed by atoms with Crippen LogP contribution in [0.25, 0.3) is 0 Å². The lowest BCUT2D eigenvalue weighted by Gasteiger charge is -2.31. The van der Waals surface area contributed by atoms with Gasteiger partial charge in [-0.2, -0.15) is 0 Å². The van der Waals surface area contributed by atoms with Crippen molar-refractivity contribution < 1.29 is 29.4 Å². The lowest BCUT2D eigenvalue weighted by molar-refractivity contribution is 0.0268. The Morgan fingerprint density at radius 1 is 0.500 bits per heavy atom. The molecule has 2 aromatic carbocycles. The summed E-state index contributed by atoms with van der Waals surface area (Å²) in [6.45, 7) is 26.2. The Balaban J connectivity index is 1.80. The van der Waals surface area contributed by atoms with Crippen molar-refractivity contribution in [3.05, 3.63) is 47.5 Å². The number of anilines is 2. The Kier molecular flexibility index (Phi) is 12.1. The second-order valence-electron chi connectivity index (χ2n) is 14.7. The highest BCUT2D eigenvalue weighted by atomic mass is 16.6. The van der Waals surface area contributed by atoms with E-state index in [0.717, 1.165) is 21.3 Å². The zero-order valence-electron chi connectivity index (χ0n) is 28.1. The predicted octanol–water partition coefficient (Wildman–Crippen LogP) is 7.67. The number of nitrogens with zero attached hydrogens (tertiary/aromatic N) is 2. The Hall–Kier alpha value is -2.52. The molecule has 0 saturated carbocycles. The van der Waals surface area contributed by atoms with Crippen LogP contribution in [0.15, 0.2) is 36.4 Å². The van der Waals surface area contributed by atoms with Gasteiger partial charge in [-0.15, -0.1) is 0 Å². The molecule has 0 aromatic heterocycles. The molecule has 0 heterocycles. The maximum absolute atomic E-state index is 13.0. The highest BCUT2D eigenvalue weighted by Gasteiger charge is 2.28. The maximum atomic E-state index is 13.0. The van der Waals surface area contributed by atoms with Crippen molar-refractivity contribution in [1.82, 2.24) is 0 Å². The fourth-order valence-corrected chi connectivity index (χ4v) is 4.00. The van der Waals surface area contributed by atoms with Gasteiger partial charge in [0, 0.05) is 0 Å². The van der Waals surface area contributed by atoms with Crippen LogP contribution in [0.2, 0.25) is 0 Å². The number of rotatable bonds is 13. The SMILES string of the molecule is CC(C)(C)c1ccc(OCCOCCOCCOc2ccc(C(C)(C)C)cc2N([O])C(C)(C)C)c(N([O])C(C)(C)C)c1. The van der Waals surface area contributed by atoms with E-state index in [0.29, 0.717) is 62.5 Å². The number of benzene rings is 2. The number of ether oxygens (including phenoxy) is 4. The lowest BCUT2D eigenvalue weighted by atomic mass is 9.86. The molecule has 0 spiro atoms. The van der Waals surface area contributed by atoms with Crippen LogP contribution < -0.4 is 19.6 Å². The van der Waals surface area contributed by atoms with Gasteiger partial charge in [-0.1, -0.05) is 64.1 Å². The number of hydrogen-bond acceptors (Lipinski definition) is 6. The molecule has 0 aliphatic rings. The first-order valence-electron chi connectivity index (χ1n) is 14.9. The smallest absolute Gasteiger partial charge is 0.145 e. The Morgan fingerprint density at radius 2 is 0.810 bits per heavy atom. The molecule has 0 N–H and O–H groups in total. The molecule has 2 radical (unpaired) electrons. The van der Waals surface area contributed by atoms with Gasteiger partial charge in [-0.25, -0.2) is 10.1 Å². The first kappa shape index (κ1) is 35.7. The summed E-state index contributed by atoms with van der Waals surface area (Å²) in [6, 6.07) is 11.6. The molecule has 42 heavy (non-hydrogen) atoms. The van der Waals surface area contributed by atoms with Gasteiger partial charge in [0.15, 0.2) is 0 Å². The van der Waals surface area contributed by atoms with Crippen LogP contribution in [0.5, 0.6) is 11.5 Å². The van der Waals surface area contributed by atoms with E-state index in [1.165, 1.54) is 0 Å². The van der Waals surface area contributed by atoms with Crippen LogP contribution in [0.4, 0.5) is 11.4 Å². The largest absolute Gasteiger partial charge is 0.489 e. The van der Waals surface area contributed by atoms with E-state index in [1.807, 2.05) is 77.9 Å². The molecule has 2 rings (SSSR count). The van der Waals surface area contributed by atoms with Gasteiger partial charge in [0.05, 0.1) is 37.5 Å². The lowest BCUT2D eigenvalue weighted by Crippen LogP contribution is -2.38. The summed E-state index contributed by atoms with van der Waals surface area (Å²) in [7, 11) is 0. The Bertz CT molecular complexity index is 1030. The molecule has 0 unspecified atom stereocenters. The fourth-order valence-electron chi connectivity index (χ4n) is 4.00. The molecule has 0 amide bonds. The van der Waals surface area contributed by atoms with Gasteiger partial charge in [-0.05, 0) is 87.8 Å². The molecule has 236 valence electrons. The van der Waals surface area contributed by atoms with Crippen molar-refractivity contribution in [3.63, 3.8) is 0 Å². The highest BCUT2D eigenvalue weighted by molar-refractivity contribution is 5.61. The van der Waals surface area contributed by atoms with E-state index in [4.69, 9.17) is 18.9 Å². The Morgan fingerprint density at radius 3 is 1.10 bits per heavy atom. The summed E-state index contributed by atoms with van der Waals surface area (Å²) < 4.78 is 23.2. The van der Waals surface area contributed by atoms with Crippen LogP contribution in [-0.2, 0) is 30.7 Å². The average Bonchev–Trinajstić information content (AvgIpc) is 2.86. The monoisotopic (exact) mass is 586 g/mol. The third-order valence-electron chi connectivity index (χ3n) is 6.65. The van der Waals surface area contributed by atoms with Crippen LogP contribution >= 0.6 is 0 Å². The van der Waals surface area contributed by atoms with Gasteiger partial charge in [0.1, 0.15) is 36.1 Å². The summed E-state index contributed by atoms with van der Waals surface area (Å²) in [4.78, 5) is 0. The van der Waals surface area contributed by atoms with Crippen LogP contribution in [0.3, 0.4) is 0 Å². The van der Waals surface area contributed by atoms with Gasteiger partial charge in [-0.3, -0.25) is 0 Å². The van der Waals surface area contributed by atoms with Crippen molar-refractivity contribution in [1.29, 1.82) is 0 Å². The quantitative estimate of drug-likeness (QED) is 0.177. The summed E-state index contributed by atoms with van der Waals surface area (Å²) in [6.07, 6.45) is 0. The number of hydroxylamine groups is 2. The van der Waals surface area contributed by atoms with Crippen LogP contribution in [0.1, 0.15) is 94.2 Å². The molecular weight excluding hydrogens is 532 g/mol. The fraction of sp³-hybridized carbons (Fsp3) is 0.647. The first-order valence-corrected chi connectivity index (χ1v) is 14.9. The second kappa shape index (κ2) is 14.3. The molecule has 0 aliphatic heterocycles. The van der Waals surface area contributed by atoms with E-state index in [9.17, 15) is 10.4 Å². The number of hydrogen-bond donors (Lipinski definition) is 0. The van der Waals surface area contributed by atoms with Crippen molar-refractivity contribution >= 4 is 11.4 Å². The van der Waals surface area contributed by atoms with Crippen LogP contribution in [-0.4, -0.2) is 50.7 Å².